The number of hydrogen-bond acceptors (Lipinski definition) is 7. The van der Waals surface area contributed by atoms with Gasteiger partial charge >= 0.3 is 0 Å². The topological polar surface area (TPSA) is 62.7 Å². The minimum absolute atomic E-state index is 0.333. The molecule has 2 rings (SSSR count). The van der Waals surface area contributed by atoms with Crippen molar-refractivity contribution in [2.24, 2.45) is 0 Å². The minimum Gasteiger partial charge on any atom is -0.338 e. The Morgan fingerprint density at radius 1 is 1.50 bits per heavy atom. The van der Waals surface area contributed by atoms with E-state index in [4.69, 9.17) is 9.78 Å². The second-order valence-corrected chi connectivity index (χ2v) is 8.05. The van der Waals surface area contributed by atoms with Crippen molar-refractivity contribution in [2.75, 3.05) is 11.5 Å². The molecule has 1 fully saturated rings. The van der Waals surface area contributed by atoms with Crippen LogP contribution < -0.4 is 0 Å². The molecular weight excluding hydrogens is 286 g/mol. The van der Waals surface area contributed by atoms with Crippen molar-refractivity contribution in [1.29, 1.82) is 5.26 Å². The molecule has 7 heteroatoms. The van der Waals surface area contributed by atoms with Crippen molar-refractivity contribution >= 4 is 35.3 Å². The first-order chi connectivity index (χ1) is 8.70. The van der Waals surface area contributed by atoms with Crippen LogP contribution in [0.3, 0.4) is 0 Å². The van der Waals surface area contributed by atoms with Crippen LogP contribution in [0, 0.1) is 11.3 Å². The highest BCUT2D eigenvalue weighted by Gasteiger charge is 2.29. The van der Waals surface area contributed by atoms with Crippen LogP contribution in [0.15, 0.2) is 4.52 Å². The van der Waals surface area contributed by atoms with Gasteiger partial charge in [0.1, 0.15) is 0 Å². The van der Waals surface area contributed by atoms with Gasteiger partial charge < -0.3 is 4.52 Å². The van der Waals surface area contributed by atoms with Gasteiger partial charge in [-0.3, -0.25) is 0 Å². The van der Waals surface area contributed by atoms with Crippen LogP contribution in [0.25, 0.3) is 0 Å². The maximum Gasteiger partial charge on any atom is 0.236 e. The smallest absolute Gasteiger partial charge is 0.236 e. The highest BCUT2D eigenvalue weighted by atomic mass is 32.2. The average molecular weight is 301 g/mol. The molecule has 1 aliphatic rings. The highest BCUT2D eigenvalue weighted by Crippen LogP contribution is 2.43. The van der Waals surface area contributed by atoms with Crippen LogP contribution in [0.4, 0.5) is 0 Å². The fourth-order valence-electron chi connectivity index (χ4n) is 1.56. The molecule has 3 unspecified atom stereocenters. The molecule has 0 spiro atoms. The molecule has 98 valence electrons. The van der Waals surface area contributed by atoms with Gasteiger partial charge in [0.2, 0.25) is 5.89 Å². The summed E-state index contributed by atoms with van der Waals surface area (Å²) in [5.74, 6) is 3.55. The molecule has 4 nitrogen and oxygen atoms in total. The Labute approximate surface area is 120 Å². The summed E-state index contributed by atoms with van der Waals surface area (Å²) in [6.07, 6.45) is 0. The van der Waals surface area contributed by atoms with Crippen molar-refractivity contribution in [1.82, 2.24) is 10.1 Å². The molecule has 2 heterocycles. The molecule has 0 radical (unpaired) electrons. The molecule has 0 bridgehead atoms. The van der Waals surface area contributed by atoms with Crippen molar-refractivity contribution < 1.29 is 4.52 Å². The third-order valence-corrected chi connectivity index (χ3v) is 6.89. The SMILES string of the molecule is CC1SCC(c2noc(CSCC#N)n2)SC1C. The van der Waals surface area contributed by atoms with E-state index in [9.17, 15) is 0 Å². The summed E-state index contributed by atoms with van der Waals surface area (Å²) in [4.78, 5) is 4.42. The molecule has 1 aromatic rings. The quantitative estimate of drug-likeness (QED) is 0.792. The number of nitrogens with zero attached hydrogens (tertiary/aromatic N) is 3. The average Bonchev–Trinajstić information content (AvgIpc) is 2.82. The first-order valence-electron chi connectivity index (χ1n) is 5.75. The Kier molecular flexibility index (Phi) is 5.27. The van der Waals surface area contributed by atoms with Crippen molar-refractivity contribution in [3.8, 4) is 6.07 Å². The Bertz CT molecular complexity index is 431. The van der Waals surface area contributed by atoms with Gasteiger partial charge in [-0.05, 0) is 0 Å². The predicted octanol–water partition coefficient (Wildman–Crippen LogP) is 3.12. The molecule has 3 atom stereocenters. The largest absolute Gasteiger partial charge is 0.338 e. The maximum absolute atomic E-state index is 8.46. The van der Waals surface area contributed by atoms with E-state index in [1.807, 2.05) is 23.5 Å². The zero-order valence-corrected chi connectivity index (χ0v) is 12.8. The fraction of sp³-hybridized carbons (Fsp3) is 0.727. The van der Waals surface area contributed by atoms with Crippen molar-refractivity contribution in [3.05, 3.63) is 11.7 Å². The second kappa shape index (κ2) is 6.73. The van der Waals surface area contributed by atoms with Gasteiger partial charge in [0.25, 0.3) is 0 Å². The van der Waals surface area contributed by atoms with E-state index in [0.29, 0.717) is 33.1 Å². The third kappa shape index (κ3) is 3.59. The van der Waals surface area contributed by atoms with Gasteiger partial charge in [-0.1, -0.05) is 19.0 Å². The number of thioether (sulfide) groups is 3. The van der Waals surface area contributed by atoms with E-state index in [1.54, 1.807) is 0 Å². The van der Waals surface area contributed by atoms with Crippen LogP contribution in [-0.2, 0) is 5.75 Å². The molecule has 1 aromatic heterocycles. The van der Waals surface area contributed by atoms with Crippen LogP contribution in [0.5, 0.6) is 0 Å². The monoisotopic (exact) mass is 301 g/mol. The fourth-order valence-corrected chi connectivity index (χ4v) is 4.88. The molecule has 0 aliphatic carbocycles. The van der Waals surface area contributed by atoms with Crippen LogP contribution >= 0.6 is 35.3 Å². The summed E-state index contributed by atoms with van der Waals surface area (Å²) in [7, 11) is 0. The number of aromatic nitrogens is 2. The number of hydrogen-bond donors (Lipinski definition) is 0. The lowest BCUT2D eigenvalue weighted by Gasteiger charge is -2.29. The van der Waals surface area contributed by atoms with E-state index >= 15 is 0 Å². The van der Waals surface area contributed by atoms with E-state index in [0.717, 1.165) is 11.6 Å². The molecule has 0 amide bonds. The lowest BCUT2D eigenvalue weighted by atomic mass is 10.3. The zero-order chi connectivity index (χ0) is 13.0. The van der Waals surface area contributed by atoms with Gasteiger partial charge in [0, 0.05) is 16.3 Å². The van der Waals surface area contributed by atoms with E-state index in [2.05, 4.69) is 30.1 Å². The summed E-state index contributed by atoms with van der Waals surface area (Å²) in [5.41, 5.74) is 0. The Morgan fingerprint density at radius 2 is 2.33 bits per heavy atom. The van der Waals surface area contributed by atoms with Gasteiger partial charge in [0.15, 0.2) is 5.82 Å². The molecule has 0 N–H and O–H groups in total. The molecule has 0 saturated carbocycles. The zero-order valence-electron chi connectivity index (χ0n) is 10.3. The first-order valence-corrected chi connectivity index (χ1v) is 8.89. The second-order valence-electron chi connectivity index (χ2n) is 4.07. The normalized spacial score (nSPS) is 27.9. The highest BCUT2D eigenvalue weighted by molar-refractivity contribution is 8.07. The summed E-state index contributed by atoms with van der Waals surface area (Å²) in [5, 5.41) is 14.2. The Hall–Kier alpha value is -0.320. The van der Waals surface area contributed by atoms with Gasteiger partial charge in [0.05, 0.1) is 22.8 Å². The Balaban J connectivity index is 1.91. The van der Waals surface area contributed by atoms with Crippen LogP contribution in [0.1, 0.15) is 30.8 Å². The summed E-state index contributed by atoms with van der Waals surface area (Å²) < 4.78 is 5.21. The summed E-state index contributed by atoms with van der Waals surface area (Å²) in [6, 6.07) is 2.08. The molecule has 18 heavy (non-hydrogen) atoms. The van der Waals surface area contributed by atoms with Gasteiger partial charge in [-0.15, -0.1) is 23.5 Å². The molecular formula is C11H15N3OS3. The van der Waals surface area contributed by atoms with Crippen molar-refractivity contribution in [3.63, 3.8) is 0 Å². The van der Waals surface area contributed by atoms with Crippen LogP contribution in [-0.4, -0.2) is 32.1 Å². The first kappa shape index (κ1) is 14.1. The van der Waals surface area contributed by atoms with Gasteiger partial charge in [-0.2, -0.15) is 22.0 Å². The van der Waals surface area contributed by atoms with E-state index in [-0.39, 0.29) is 0 Å². The number of nitriles is 1. The summed E-state index contributed by atoms with van der Waals surface area (Å²) in [6.45, 7) is 4.51. The summed E-state index contributed by atoms with van der Waals surface area (Å²) >= 11 is 5.39. The number of rotatable bonds is 4. The van der Waals surface area contributed by atoms with E-state index < -0.39 is 0 Å². The van der Waals surface area contributed by atoms with E-state index in [1.165, 1.54) is 11.8 Å². The van der Waals surface area contributed by atoms with Crippen molar-refractivity contribution in [2.45, 2.75) is 35.4 Å². The maximum atomic E-state index is 8.46. The van der Waals surface area contributed by atoms with Crippen LogP contribution in [0.2, 0.25) is 0 Å². The third-order valence-electron chi connectivity index (χ3n) is 2.71. The molecule has 0 aromatic carbocycles. The molecule has 1 saturated heterocycles. The predicted molar refractivity (Wildman–Crippen MR) is 77.8 cm³/mol. The minimum atomic E-state index is 0.333. The van der Waals surface area contributed by atoms with Gasteiger partial charge in [-0.25, -0.2) is 0 Å². The molecule has 1 aliphatic heterocycles. The lowest BCUT2D eigenvalue weighted by Crippen LogP contribution is -2.22. The standard InChI is InChI=1S/C11H15N3OS3/c1-7-8(2)18-9(5-17-7)11-13-10(15-14-11)6-16-4-3-12/h7-9H,4-6H2,1-2H3. The Morgan fingerprint density at radius 3 is 3.06 bits per heavy atom. The lowest BCUT2D eigenvalue weighted by molar-refractivity contribution is 0.385.